The van der Waals surface area contributed by atoms with Gasteiger partial charge in [-0.15, -0.1) is 10.2 Å². The minimum atomic E-state index is 0.201. The van der Waals surface area contributed by atoms with Crippen molar-refractivity contribution in [2.24, 2.45) is 5.92 Å². The van der Waals surface area contributed by atoms with Crippen molar-refractivity contribution in [3.05, 3.63) is 34.9 Å². The summed E-state index contributed by atoms with van der Waals surface area (Å²) in [4.78, 5) is 14.7. The maximum absolute atomic E-state index is 12.7. The van der Waals surface area contributed by atoms with Gasteiger partial charge in [-0.3, -0.25) is 9.20 Å². The molecular formula is C21H26N4OS. The summed E-state index contributed by atoms with van der Waals surface area (Å²) >= 11 is 1.49. The number of carbonyl (C=O) groups excluding carboxylic acids is 1. The van der Waals surface area contributed by atoms with Crippen LogP contribution in [-0.4, -0.2) is 44.2 Å². The molecule has 1 amide bonds. The molecule has 1 saturated heterocycles. The molecule has 1 aliphatic rings. The Labute approximate surface area is 164 Å². The predicted molar refractivity (Wildman–Crippen MR) is 110 cm³/mol. The lowest BCUT2D eigenvalue weighted by atomic mass is 10.0. The predicted octanol–water partition coefficient (Wildman–Crippen LogP) is 4.16. The molecule has 2 aromatic heterocycles. The van der Waals surface area contributed by atoms with Gasteiger partial charge in [0.1, 0.15) is 0 Å². The topological polar surface area (TPSA) is 50.5 Å². The summed E-state index contributed by atoms with van der Waals surface area (Å²) in [6, 6.07) is 6.56. The van der Waals surface area contributed by atoms with Crippen molar-refractivity contribution in [3.8, 4) is 0 Å². The van der Waals surface area contributed by atoms with E-state index in [0.717, 1.165) is 41.4 Å². The van der Waals surface area contributed by atoms with Gasteiger partial charge in [0.25, 0.3) is 0 Å². The van der Waals surface area contributed by atoms with E-state index in [0.29, 0.717) is 11.7 Å². The fourth-order valence-corrected chi connectivity index (χ4v) is 4.93. The van der Waals surface area contributed by atoms with Crippen LogP contribution < -0.4 is 0 Å². The smallest absolute Gasteiger partial charge is 0.233 e. The Bertz CT molecular complexity index is 1030. The first kappa shape index (κ1) is 18.3. The van der Waals surface area contributed by atoms with Gasteiger partial charge in [-0.1, -0.05) is 24.8 Å². The average Bonchev–Trinajstić information content (AvgIpc) is 3.06. The third-order valence-corrected chi connectivity index (χ3v) is 6.35. The molecule has 142 valence electrons. The van der Waals surface area contributed by atoms with Crippen LogP contribution in [0.15, 0.2) is 23.4 Å². The Morgan fingerprint density at radius 2 is 2.00 bits per heavy atom. The molecule has 0 N–H and O–H groups in total. The fourth-order valence-electron chi connectivity index (χ4n) is 4.08. The second-order valence-electron chi connectivity index (χ2n) is 7.86. The highest BCUT2D eigenvalue weighted by Gasteiger charge is 2.22. The molecule has 1 fully saturated rings. The van der Waals surface area contributed by atoms with Crippen LogP contribution in [0.2, 0.25) is 0 Å². The van der Waals surface area contributed by atoms with Crippen molar-refractivity contribution in [2.45, 2.75) is 45.7 Å². The van der Waals surface area contributed by atoms with Crippen molar-refractivity contribution in [3.63, 3.8) is 0 Å². The minimum absolute atomic E-state index is 0.201. The molecule has 27 heavy (non-hydrogen) atoms. The molecule has 1 aliphatic heterocycles. The number of rotatable bonds is 3. The number of likely N-dealkylation sites (tertiary alicyclic amines) is 1. The molecule has 1 aromatic carbocycles. The van der Waals surface area contributed by atoms with Crippen LogP contribution in [0.5, 0.6) is 0 Å². The molecule has 5 nitrogen and oxygen atoms in total. The molecule has 0 radical (unpaired) electrons. The number of nitrogens with zero attached hydrogens (tertiary/aromatic N) is 4. The summed E-state index contributed by atoms with van der Waals surface area (Å²) in [5.41, 5.74) is 5.55. The number of aromatic nitrogens is 3. The first-order valence-corrected chi connectivity index (χ1v) is 10.6. The Hall–Kier alpha value is -2.08. The molecule has 0 unspecified atom stereocenters. The average molecular weight is 383 g/mol. The summed E-state index contributed by atoms with van der Waals surface area (Å²) in [6.07, 6.45) is 2.32. The standard InChI is InChI=1S/C21H26N4OS/c1-13-6-5-7-24(11-13)19(26)12-27-21-23-22-20-16(4)10-17-15(3)8-14(2)9-18(17)25(20)21/h8-10,13H,5-7,11-12H2,1-4H3/t13-/m0/s1. The van der Waals surface area contributed by atoms with E-state index in [1.807, 2.05) is 4.90 Å². The Balaban J connectivity index is 1.67. The lowest BCUT2D eigenvalue weighted by Gasteiger charge is -2.30. The van der Waals surface area contributed by atoms with Gasteiger partial charge in [-0.25, -0.2) is 0 Å². The summed E-state index contributed by atoms with van der Waals surface area (Å²) in [7, 11) is 0. The van der Waals surface area contributed by atoms with Gasteiger partial charge >= 0.3 is 0 Å². The SMILES string of the molecule is Cc1cc(C)c2cc(C)c3nnc(SCC(=O)N4CCC[C@H](C)C4)n3c2c1. The van der Waals surface area contributed by atoms with E-state index in [-0.39, 0.29) is 5.91 Å². The van der Waals surface area contributed by atoms with Gasteiger partial charge in [0.05, 0.1) is 11.3 Å². The summed E-state index contributed by atoms with van der Waals surface area (Å²) < 4.78 is 2.11. The highest BCUT2D eigenvalue weighted by molar-refractivity contribution is 7.99. The number of amides is 1. The molecule has 6 heteroatoms. The van der Waals surface area contributed by atoms with Gasteiger partial charge in [-0.2, -0.15) is 0 Å². The lowest BCUT2D eigenvalue weighted by Crippen LogP contribution is -2.40. The monoisotopic (exact) mass is 382 g/mol. The molecule has 3 heterocycles. The maximum Gasteiger partial charge on any atom is 0.233 e. The Kier molecular flexibility index (Phi) is 4.84. The number of carbonyl (C=O) groups is 1. The highest BCUT2D eigenvalue weighted by Crippen LogP contribution is 2.28. The lowest BCUT2D eigenvalue weighted by molar-refractivity contribution is -0.130. The number of pyridine rings is 1. The van der Waals surface area contributed by atoms with Gasteiger partial charge < -0.3 is 4.90 Å². The van der Waals surface area contributed by atoms with E-state index < -0.39 is 0 Å². The first-order chi connectivity index (χ1) is 12.9. The third kappa shape index (κ3) is 3.43. The van der Waals surface area contributed by atoms with Gasteiger partial charge in [-0.05, 0) is 68.4 Å². The molecule has 3 aromatic rings. The first-order valence-electron chi connectivity index (χ1n) is 9.60. The van der Waals surface area contributed by atoms with Crippen LogP contribution in [0.4, 0.5) is 0 Å². The summed E-state index contributed by atoms with van der Waals surface area (Å²) in [5, 5.41) is 10.8. The zero-order chi connectivity index (χ0) is 19.1. The molecule has 0 aliphatic carbocycles. The molecular weight excluding hydrogens is 356 g/mol. The highest BCUT2D eigenvalue weighted by atomic mass is 32.2. The number of benzene rings is 1. The molecule has 0 bridgehead atoms. The van der Waals surface area contributed by atoms with E-state index in [1.165, 1.54) is 34.7 Å². The minimum Gasteiger partial charge on any atom is -0.342 e. The molecule has 0 saturated carbocycles. The van der Waals surface area contributed by atoms with E-state index in [1.54, 1.807) is 0 Å². The van der Waals surface area contributed by atoms with Crippen LogP contribution in [0.25, 0.3) is 16.6 Å². The van der Waals surface area contributed by atoms with E-state index in [4.69, 9.17) is 0 Å². The molecule has 0 spiro atoms. The molecule has 1 atom stereocenters. The van der Waals surface area contributed by atoms with E-state index in [2.05, 4.69) is 60.5 Å². The third-order valence-electron chi connectivity index (χ3n) is 5.43. The van der Waals surface area contributed by atoms with Gasteiger partial charge in [0.2, 0.25) is 5.91 Å². The van der Waals surface area contributed by atoms with Gasteiger partial charge in [0, 0.05) is 18.5 Å². The second kappa shape index (κ2) is 7.15. The number of aryl methyl sites for hydroxylation is 3. The molecule has 4 rings (SSSR count). The van der Waals surface area contributed by atoms with Crippen molar-refractivity contribution in [1.29, 1.82) is 0 Å². The number of thioether (sulfide) groups is 1. The zero-order valence-corrected chi connectivity index (χ0v) is 17.3. The number of hydrogen-bond acceptors (Lipinski definition) is 4. The van der Waals surface area contributed by atoms with Crippen molar-refractivity contribution in [1.82, 2.24) is 19.5 Å². The van der Waals surface area contributed by atoms with Crippen LogP contribution in [-0.2, 0) is 4.79 Å². The van der Waals surface area contributed by atoms with Crippen molar-refractivity contribution in [2.75, 3.05) is 18.8 Å². The van der Waals surface area contributed by atoms with Crippen LogP contribution in [0, 0.1) is 26.7 Å². The fraction of sp³-hybridized carbons (Fsp3) is 0.476. The number of piperidine rings is 1. The Morgan fingerprint density at radius 3 is 2.78 bits per heavy atom. The zero-order valence-electron chi connectivity index (χ0n) is 16.5. The van der Waals surface area contributed by atoms with Gasteiger partial charge in [0.15, 0.2) is 10.8 Å². The normalized spacial score (nSPS) is 17.8. The Morgan fingerprint density at radius 1 is 1.19 bits per heavy atom. The maximum atomic E-state index is 12.7. The number of hydrogen-bond donors (Lipinski definition) is 0. The summed E-state index contributed by atoms with van der Waals surface area (Å²) in [6.45, 7) is 10.3. The summed E-state index contributed by atoms with van der Waals surface area (Å²) in [5.74, 6) is 1.21. The quantitative estimate of drug-likeness (QED) is 0.638. The van der Waals surface area contributed by atoms with E-state index in [9.17, 15) is 4.79 Å². The largest absolute Gasteiger partial charge is 0.342 e. The van der Waals surface area contributed by atoms with Crippen LogP contribution in [0.3, 0.4) is 0 Å². The van der Waals surface area contributed by atoms with Crippen LogP contribution in [0.1, 0.15) is 36.5 Å². The van der Waals surface area contributed by atoms with Crippen LogP contribution >= 0.6 is 11.8 Å². The second-order valence-corrected chi connectivity index (χ2v) is 8.80. The van der Waals surface area contributed by atoms with Crippen molar-refractivity contribution >= 4 is 34.2 Å². The number of fused-ring (bicyclic) bond motifs is 3. The van der Waals surface area contributed by atoms with Crippen molar-refractivity contribution < 1.29 is 4.79 Å². The van der Waals surface area contributed by atoms with E-state index >= 15 is 0 Å².